The summed E-state index contributed by atoms with van der Waals surface area (Å²) in [6.45, 7) is 0. The summed E-state index contributed by atoms with van der Waals surface area (Å²) < 4.78 is 0. The first-order valence-corrected chi connectivity index (χ1v) is 14.8. The molecule has 0 amide bonds. The first-order valence-electron chi connectivity index (χ1n) is 14.8. The summed E-state index contributed by atoms with van der Waals surface area (Å²) in [5.74, 6) is 1.97. The van der Waals surface area contributed by atoms with Crippen LogP contribution in [0.2, 0.25) is 0 Å². The third-order valence-electron chi connectivity index (χ3n) is 8.13. The zero-order valence-electron chi connectivity index (χ0n) is 23.9. The number of rotatable bonds is 5. The molecule has 1 heterocycles. The topological polar surface area (TPSA) is 38.7 Å². The highest BCUT2D eigenvalue weighted by atomic mass is 15.0. The maximum atomic E-state index is 4.92. The van der Waals surface area contributed by atoms with Crippen molar-refractivity contribution in [3.8, 4) is 56.4 Å². The Morgan fingerprint density at radius 2 is 0.477 bits per heavy atom. The van der Waals surface area contributed by atoms with Crippen molar-refractivity contribution in [2.45, 2.75) is 0 Å². The summed E-state index contributed by atoms with van der Waals surface area (Å²) in [5.41, 5.74) is 7.74. The molecule has 0 aliphatic heterocycles. The van der Waals surface area contributed by atoms with E-state index in [-0.39, 0.29) is 0 Å². The van der Waals surface area contributed by atoms with E-state index >= 15 is 0 Å². The van der Waals surface area contributed by atoms with Gasteiger partial charge in [0.1, 0.15) is 0 Å². The molecule has 8 rings (SSSR count). The number of fused-ring (bicyclic) bond motifs is 2. The monoisotopic (exact) mass is 561 g/mol. The first-order chi connectivity index (χ1) is 21.8. The molecule has 8 aromatic rings. The van der Waals surface area contributed by atoms with Crippen LogP contribution in [0.15, 0.2) is 164 Å². The zero-order chi connectivity index (χ0) is 29.3. The molecule has 0 radical (unpaired) electrons. The van der Waals surface area contributed by atoms with Crippen LogP contribution in [0, 0.1) is 0 Å². The molecule has 0 saturated heterocycles. The van der Waals surface area contributed by atoms with Gasteiger partial charge in [-0.05, 0) is 43.8 Å². The molecule has 0 aliphatic rings. The Hall–Kier alpha value is -5.93. The van der Waals surface area contributed by atoms with Crippen molar-refractivity contribution in [3.05, 3.63) is 164 Å². The zero-order valence-corrected chi connectivity index (χ0v) is 23.9. The highest BCUT2D eigenvalue weighted by molar-refractivity contribution is 6.21. The third-order valence-corrected chi connectivity index (χ3v) is 8.13. The number of nitrogens with zero attached hydrogens (tertiary/aromatic N) is 3. The fraction of sp³-hybridized carbons (Fsp3) is 0. The van der Waals surface area contributed by atoms with E-state index in [9.17, 15) is 0 Å². The molecule has 7 aromatic carbocycles. The largest absolute Gasteiger partial charge is 0.208 e. The van der Waals surface area contributed by atoms with Crippen LogP contribution in [-0.2, 0) is 0 Å². The highest BCUT2D eigenvalue weighted by Crippen LogP contribution is 2.43. The summed E-state index contributed by atoms with van der Waals surface area (Å²) in [6, 6.07) is 57.0. The molecule has 3 heteroatoms. The second kappa shape index (κ2) is 11.0. The van der Waals surface area contributed by atoms with Crippen molar-refractivity contribution in [3.63, 3.8) is 0 Å². The molecule has 0 spiro atoms. The Labute approximate surface area is 256 Å². The molecule has 0 N–H and O–H groups in total. The molecule has 0 unspecified atom stereocenters. The van der Waals surface area contributed by atoms with Crippen LogP contribution in [-0.4, -0.2) is 15.0 Å². The standard InChI is InChI=1S/C41H27N3/c1-4-14-28(15-5-1)37-33-20-10-12-22-35(33)38(36-23-13-11-21-34(36)37)29-24-26-32(27-25-29)41-43-39(30-16-6-2-7-17-30)42-40(44-41)31-18-8-3-9-19-31/h1-27H. The van der Waals surface area contributed by atoms with Crippen LogP contribution >= 0.6 is 0 Å². The van der Waals surface area contributed by atoms with Crippen LogP contribution in [0.25, 0.3) is 78.0 Å². The van der Waals surface area contributed by atoms with Gasteiger partial charge in [-0.25, -0.2) is 15.0 Å². The van der Waals surface area contributed by atoms with Crippen LogP contribution in [0.5, 0.6) is 0 Å². The van der Waals surface area contributed by atoms with Crippen molar-refractivity contribution in [2.75, 3.05) is 0 Å². The smallest absolute Gasteiger partial charge is 0.164 e. The summed E-state index contributed by atoms with van der Waals surface area (Å²) in [5, 5.41) is 4.95. The average Bonchev–Trinajstić information content (AvgIpc) is 3.11. The second-order valence-corrected chi connectivity index (χ2v) is 10.8. The Morgan fingerprint density at radius 1 is 0.227 bits per heavy atom. The summed E-state index contributed by atoms with van der Waals surface area (Å²) in [6.07, 6.45) is 0. The minimum atomic E-state index is 0.651. The number of hydrogen-bond acceptors (Lipinski definition) is 3. The Bertz CT molecular complexity index is 2130. The van der Waals surface area contributed by atoms with Crippen molar-refractivity contribution >= 4 is 21.5 Å². The second-order valence-electron chi connectivity index (χ2n) is 10.8. The lowest BCUT2D eigenvalue weighted by Gasteiger charge is -2.18. The molecule has 44 heavy (non-hydrogen) atoms. The van der Waals surface area contributed by atoms with Crippen molar-refractivity contribution in [1.29, 1.82) is 0 Å². The predicted molar refractivity (Wildman–Crippen MR) is 182 cm³/mol. The lowest BCUT2D eigenvalue weighted by Crippen LogP contribution is -2.00. The van der Waals surface area contributed by atoms with E-state index in [4.69, 9.17) is 15.0 Å². The van der Waals surface area contributed by atoms with Gasteiger partial charge >= 0.3 is 0 Å². The van der Waals surface area contributed by atoms with Gasteiger partial charge in [0.2, 0.25) is 0 Å². The predicted octanol–water partition coefficient (Wildman–Crippen LogP) is 10.5. The van der Waals surface area contributed by atoms with E-state index in [2.05, 4.69) is 103 Å². The van der Waals surface area contributed by atoms with Gasteiger partial charge in [0.25, 0.3) is 0 Å². The van der Waals surface area contributed by atoms with Gasteiger partial charge in [-0.1, -0.05) is 164 Å². The summed E-state index contributed by atoms with van der Waals surface area (Å²) >= 11 is 0. The lowest BCUT2D eigenvalue weighted by atomic mass is 9.86. The van der Waals surface area contributed by atoms with Gasteiger partial charge in [-0.2, -0.15) is 0 Å². The normalized spacial score (nSPS) is 11.2. The Morgan fingerprint density at radius 3 is 0.841 bits per heavy atom. The minimum Gasteiger partial charge on any atom is -0.208 e. The maximum Gasteiger partial charge on any atom is 0.164 e. The fourth-order valence-electron chi connectivity index (χ4n) is 6.08. The minimum absolute atomic E-state index is 0.651. The van der Waals surface area contributed by atoms with E-state index in [0.717, 1.165) is 22.3 Å². The molecule has 3 nitrogen and oxygen atoms in total. The molecule has 1 aromatic heterocycles. The van der Waals surface area contributed by atoms with Crippen molar-refractivity contribution in [2.24, 2.45) is 0 Å². The average molecular weight is 562 g/mol. The Kier molecular flexibility index (Phi) is 6.47. The van der Waals surface area contributed by atoms with Crippen LogP contribution < -0.4 is 0 Å². The van der Waals surface area contributed by atoms with Crippen LogP contribution in [0.3, 0.4) is 0 Å². The number of hydrogen-bond donors (Lipinski definition) is 0. The van der Waals surface area contributed by atoms with Gasteiger partial charge in [0, 0.05) is 16.7 Å². The number of benzene rings is 7. The highest BCUT2D eigenvalue weighted by Gasteiger charge is 2.17. The van der Waals surface area contributed by atoms with Gasteiger partial charge in [0.05, 0.1) is 0 Å². The SMILES string of the molecule is c1ccc(-c2nc(-c3ccccc3)nc(-c3ccc(-c4c5ccccc5c(-c5ccccc5)c5ccccc45)cc3)n2)cc1. The van der Waals surface area contributed by atoms with Gasteiger partial charge in [-0.3, -0.25) is 0 Å². The molecule has 206 valence electrons. The third kappa shape index (κ3) is 4.61. The molecule has 0 aliphatic carbocycles. The summed E-state index contributed by atoms with van der Waals surface area (Å²) in [7, 11) is 0. The van der Waals surface area contributed by atoms with Crippen molar-refractivity contribution in [1.82, 2.24) is 15.0 Å². The van der Waals surface area contributed by atoms with Crippen molar-refractivity contribution < 1.29 is 0 Å². The molecule has 0 atom stereocenters. The quantitative estimate of drug-likeness (QED) is 0.196. The van der Waals surface area contributed by atoms with Crippen LogP contribution in [0.4, 0.5) is 0 Å². The molecule has 0 saturated carbocycles. The molecular formula is C41H27N3. The van der Waals surface area contributed by atoms with E-state index < -0.39 is 0 Å². The maximum absolute atomic E-state index is 4.92. The van der Waals surface area contributed by atoms with Gasteiger partial charge in [0.15, 0.2) is 17.5 Å². The van der Waals surface area contributed by atoms with Crippen LogP contribution in [0.1, 0.15) is 0 Å². The fourth-order valence-corrected chi connectivity index (χ4v) is 6.08. The van der Waals surface area contributed by atoms with Gasteiger partial charge < -0.3 is 0 Å². The number of aromatic nitrogens is 3. The van der Waals surface area contributed by atoms with Gasteiger partial charge in [-0.15, -0.1) is 0 Å². The van der Waals surface area contributed by atoms with E-state index in [1.54, 1.807) is 0 Å². The van der Waals surface area contributed by atoms with E-state index in [1.165, 1.54) is 38.2 Å². The molecular weight excluding hydrogens is 534 g/mol. The molecule has 0 fully saturated rings. The van der Waals surface area contributed by atoms with E-state index in [1.807, 2.05) is 60.7 Å². The van der Waals surface area contributed by atoms with E-state index in [0.29, 0.717) is 17.5 Å². The lowest BCUT2D eigenvalue weighted by molar-refractivity contribution is 1.07. The Balaban J connectivity index is 1.30. The first kappa shape index (κ1) is 25.8. The summed E-state index contributed by atoms with van der Waals surface area (Å²) in [4.78, 5) is 14.7. The molecule has 0 bridgehead atoms.